The molecule has 0 fully saturated rings. The second-order valence-corrected chi connectivity index (χ2v) is 6.63. The van der Waals surface area contributed by atoms with Gasteiger partial charge in [0, 0.05) is 36.5 Å². The Morgan fingerprint density at radius 3 is 2.50 bits per heavy atom. The van der Waals surface area contributed by atoms with Crippen molar-refractivity contribution in [2.24, 2.45) is 0 Å². The molecule has 0 bridgehead atoms. The Labute approximate surface area is 169 Å². The van der Waals surface area contributed by atoms with Crippen LogP contribution in [0.1, 0.15) is 0 Å². The number of aromatic nitrogens is 9. The van der Waals surface area contributed by atoms with E-state index in [2.05, 4.69) is 35.1 Å². The maximum atomic E-state index is 4.80. The van der Waals surface area contributed by atoms with Gasteiger partial charge in [0.1, 0.15) is 16.7 Å². The largest absolute Gasteiger partial charge is 0.321 e. The monoisotopic (exact) mass is 391 g/mol. The van der Waals surface area contributed by atoms with Crippen molar-refractivity contribution in [3.63, 3.8) is 0 Å². The molecule has 0 atom stereocenters. The van der Waals surface area contributed by atoms with E-state index >= 15 is 0 Å². The minimum absolute atomic E-state index is 0.592. The van der Waals surface area contributed by atoms with Gasteiger partial charge in [-0.15, -0.1) is 0 Å². The molecule has 2 N–H and O–H groups in total. The third kappa shape index (κ3) is 2.60. The van der Waals surface area contributed by atoms with Crippen LogP contribution < -0.4 is 0 Å². The third-order valence-electron chi connectivity index (χ3n) is 4.83. The minimum Gasteiger partial charge on any atom is -0.321 e. The summed E-state index contributed by atoms with van der Waals surface area (Å²) in [4.78, 5) is 29.8. The van der Waals surface area contributed by atoms with Crippen LogP contribution >= 0.6 is 0 Å². The van der Waals surface area contributed by atoms with E-state index in [1.165, 1.54) is 0 Å². The van der Waals surface area contributed by atoms with Crippen molar-refractivity contribution in [2.75, 3.05) is 0 Å². The molecule has 6 aromatic rings. The summed E-state index contributed by atoms with van der Waals surface area (Å²) in [6.45, 7) is 0. The molecule has 142 valence electrons. The molecule has 0 aliphatic heterocycles. The molecule has 6 heterocycles. The predicted molar refractivity (Wildman–Crippen MR) is 111 cm³/mol. The maximum absolute atomic E-state index is 4.80. The molecule has 0 amide bonds. The smallest absolute Gasteiger partial charge is 0.162 e. The van der Waals surface area contributed by atoms with E-state index in [-0.39, 0.29) is 0 Å². The Hall–Kier alpha value is -4.53. The summed E-state index contributed by atoms with van der Waals surface area (Å²) in [5.41, 5.74) is 6.96. The first kappa shape index (κ1) is 16.4. The van der Waals surface area contributed by atoms with Crippen LogP contribution in [0.2, 0.25) is 0 Å². The number of fused-ring (bicyclic) bond motifs is 2. The van der Waals surface area contributed by atoms with Gasteiger partial charge in [-0.25, -0.2) is 15.0 Å². The van der Waals surface area contributed by atoms with Crippen molar-refractivity contribution in [3.05, 3.63) is 67.5 Å². The van der Waals surface area contributed by atoms with Crippen LogP contribution in [0.4, 0.5) is 0 Å². The van der Waals surface area contributed by atoms with Gasteiger partial charge in [-0.05, 0) is 35.9 Å². The quantitative estimate of drug-likeness (QED) is 0.474. The van der Waals surface area contributed by atoms with E-state index in [9.17, 15) is 0 Å². The number of H-pyrrole nitrogens is 2. The molecular weight excluding hydrogens is 378 g/mol. The molecule has 6 rings (SSSR count). The van der Waals surface area contributed by atoms with E-state index in [0.717, 1.165) is 22.2 Å². The van der Waals surface area contributed by atoms with Crippen LogP contribution in [-0.4, -0.2) is 45.1 Å². The van der Waals surface area contributed by atoms with Gasteiger partial charge in [-0.3, -0.25) is 20.1 Å². The van der Waals surface area contributed by atoms with Crippen molar-refractivity contribution in [3.8, 4) is 34.0 Å². The Balaban J connectivity index is 1.52. The lowest BCUT2D eigenvalue weighted by molar-refractivity contribution is 1.10. The number of aromatic amines is 2. The number of nitrogens with zero attached hydrogens (tertiary/aromatic N) is 7. The average Bonchev–Trinajstić information content (AvgIpc) is 3.43. The Morgan fingerprint density at radius 1 is 0.700 bits per heavy atom. The van der Waals surface area contributed by atoms with Crippen LogP contribution in [0, 0.1) is 0 Å². The van der Waals surface area contributed by atoms with E-state index < -0.39 is 0 Å². The first-order chi connectivity index (χ1) is 14.9. The fraction of sp³-hybridized carbons (Fsp3) is 0. The highest BCUT2D eigenvalue weighted by atomic mass is 15.2. The van der Waals surface area contributed by atoms with Crippen molar-refractivity contribution < 1.29 is 0 Å². The highest BCUT2D eigenvalue weighted by Crippen LogP contribution is 2.30. The van der Waals surface area contributed by atoms with Gasteiger partial charge >= 0.3 is 0 Å². The molecule has 0 saturated carbocycles. The fourth-order valence-electron chi connectivity index (χ4n) is 3.43. The third-order valence-corrected chi connectivity index (χ3v) is 4.83. The van der Waals surface area contributed by atoms with Crippen molar-refractivity contribution in [2.45, 2.75) is 0 Å². The van der Waals surface area contributed by atoms with E-state index in [0.29, 0.717) is 34.1 Å². The number of imidazole rings is 1. The van der Waals surface area contributed by atoms with Crippen LogP contribution in [-0.2, 0) is 0 Å². The molecule has 0 unspecified atom stereocenters. The topological polar surface area (TPSA) is 122 Å². The van der Waals surface area contributed by atoms with Crippen molar-refractivity contribution >= 4 is 22.2 Å². The Kier molecular flexibility index (Phi) is 3.57. The molecule has 0 aliphatic carbocycles. The van der Waals surface area contributed by atoms with Crippen LogP contribution in [0.25, 0.3) is 56.2 Å². The SMILES string of the molecule is c1cc(-c2ccnc3[nH]c(-c4n[nH]c5ccc(-c6cnccn6)nc45)nc23)ccn1. The molecule has 9 nitrogen and oxygen atoms in total. The summed E-state index contributed by atoms with van der Waals surface area (Å²) < 4.78 is 0. The zero-order valence-corrected chi connectivity index (χ0v) is 15.5. The molecule has 6 aromatic heterocycles. The van der Waals surface area contributed by atoms with Gasteiger partial charge in [0.15, 0.2) is 17.2 Å². The molecule has 0 saturated heterocycles. The summed E-state index contributed by atoms with van der Waals surface area (Å²) in [6.07, 6.45) is 10.2. The maximum Gasteiger partial charge on any atom is 0.162 e. The number of nitrogens with one attached hydrogen (secondary N) is 2. The molecule has 0 spiro atoms. The number of hydrogen-bond acceptors (Lipinski definition) is 7. The highest BCUT2D eigenvalue weighted by Gasteiger charge is 2.17. The van der Waals surface area contributed by atoms with Gasteiger partial charge in [0.25, 0.3) is 0 Å². The summed E-state index contributed by atoms with van der Waals surface area (Å²) in [7, 11) is 0. The summed E-state index contributed by atoms with van der Waals surface area (Å²) in [5, 5.41) is 7.46. The molecule has 30 heavy (non-hydrogen) atoms. The van der Waals surface area contributed by atoms with Crippen molar-refractivity contribution in [1.29, 1.82) is 0 Å². The van der Waals surface area contributed by atoms with Crippen LogP contribution in [0.5, 0.6) is 0 Å². The first-order valence-corrected chi connectivity index (χ1v) is 9.24. The van der Waals surface area contributed by atoms with Gasteiger partial charge < -0.3 is 4.98 Å². The Bertz CT molecular complexity index is 1490. The van der Waals surface area contributed by atoms with Gasteiger partial charge in [0.05, 0.1) is 17.4 Å². The van der Waals surface area contributed by atoms with Crippen LogP contribution in [0.3, 0.4) is 0 Å². The molecule has 0 aromatic carbocycles. The highest BCUT2D eigenvalue weighted by molar-refractivity contribution is 5.94. The van der Waals surface area contributed by atoms with E-state index in [1.807, 2.05) is 30.3 Å². The zero-order chi connectivity index (χ0) is 19.9. The minimum atomic E-state index is 0.592. The van der Waals surface area contributed by atoms with Crippen molar-refractivity contribution in [1.82, 2.24) is 45.1 Å². The summed E-state index contributed by atoms with van der Waals surface area (Å²) in [6, 6.07) is 9.64. The number of rotatable bonds is 3. The standard InChI is InChI=1S/C21H13N9/c1-2-15-18(26-14(1)16-11-23-9-10-24-16)19(30-29-15)21-27-17-13(5-8-25-20(17)28-21)12-3-6-22-7-4-12/h1-11H,(H,29,30)(H,25,27,28). The Morgan fingerprint density at radius 2 is 1.63 bits per heavy atom. The lowest BCUT2D eigenvalue weighted by Gasteiger charge is -2.00. The van der Waals surface area contributed by atoms with E-state index in [4.69, 9.17) is 9.97 Å². The summed E-state index contributed by atoms with van der Waals surface area (Å²) in [5.74, 6) is 0.592. The molecule has 0 aliphatic rings. The second-order valence-electron chi connectivity index (χ2n) is 6.63. The zero-order valence-electron chi connectivity index (χ0n) is 15.5. The number of pyridine rings is 3. The fourth-order valence-corrected chi connectivity index (χ4v) is 3.43. The normalized spacial score (nSPS) is 11.3. The lowest BCUT2D eigenvalue weighted by atomic mass is 10.1. The van der Waals surface area contributed by atoms with E-state index in [1.54, 1.807) is 37.2 Å². The van der Waals surface area contributed by atoms with Gasteiger partial charge in [0.2, 0.25) is 0 Å². The predicted octanol–water partition coefficient (Wildman–Crippen LogP) is 3.42. The molecular formula is C21H13N9. The summed E-state index contributed by atoms with van der Waals surface area (Å²) >= 11 is 0. The molecule has 9 heteroatoms. The molecule has 0 radical (unpaired) electrons. The lowest BCUT2D eigenvalue weighted by Crippen LogP contribution is -1.89. The van der Waals surface area contributed by atoms with Crippen LogP contribution in [0.15, 0.2) is 67.5 Å². The number of hydrogen-bond donors (Lipinski definition) is 2. The average molecular weight is 391 g/mol. The van der Waals surface area contributed by atoms with Gasteiger partial charge in [-0.2, -0.15) is 5.10 Å². The second kappa shape index (κ2) is 6.52. The first-order valence-electron chi connectivity index (χ1n) is 9.24. The van der Waals surface area contributed by atoms with Gasteiger partial charge in [-0.1, -0.05) is 0 Å².